The second-order valence-electron chi connectivity index (χ2n) is 5.11. The molecule has 0 saturated carbocycles. The van der Waals surface area contributed by atoms with E-state index in [1.807, 2.05) is 0 Å². The van der Waals surface area contributed by atoms with Crippen LogP contribution in [0.4, 0.5) is 5.69 Å². The first-order valence-electron chi connectivity index (χ1n) is 6.84. The molecule has 1 aliphatic heterocycles. The Morgan fingerprint density at radius 2 is 1.95 bits per heavy atom. The van der Waals surface area contributed by atoms with Crippen LogP contribution in [0.15, 0.2) is 24.3 Å². The minimum Gasteiger partial charge on any atom is -0.462 e. The molecular weight excluding hydrogens is 292 g/mol. The molecule has 0 aromatic heterocycles. The molecule has 1 fully saturated rings. The van der Waals surface area contributed by atoms with Crippen molar-refractivity contribution >= 4 is 11.6 Å². The fourth-order valence-electron chi connectivity index (χ4n) is 2.17. The van der Waals surface area contributed by atoms with Gasteiger partial charge in [-0.3, -0.25) is 4.79 Å². The molecule has 22 heavy (non-hydrogen) atoms. The average molecular weight is 312 g/mol. The van der Waals surface area contributed by atoms with Gasteiger partial charge in [0.1, 0.15) is 24.1 Å². The van der Waals surface area contributed by atoms with Crippen LogP contribution in [0.25, 0.3) is 0 Å². The van der Waals surface area contributed by atoms with Gasteiger partial charge in [0.15, 0.2) is 0 Å². The van der Waals surface area contributed by atoms with Crippen LogP contribution in [0.5, 0.6) is 5.75 Å². The van der Waals surface area contributed by atoms with Crippen molar-refractivity contribution in [1.82, 2.24) is 0 Å². The maximum atomic E-state index is 10.9. The lowest BCUT2D eigenvalue weighted by atomic mass is 9.97. The number of ether oxygens (including phenoxy) is 2. The summed E-state index contributed by atoms with van der Waals surface area (Å²) < 4.78 is 10.8. The van der Waals surface area contributed by atoms with Gasteiger partial charge in [0, 0.05) is 12.6 Å². The van der Waals surface area contributed by atoms with E-state index < -0.39 is 37.3 Å². The van der Waals surface area contributed by atoms with E-state index in [0.717, 1.165) is 0 Å². The van der Waals surface area contributed by atoms with Gasteiger partial charge in [0.05, 0.1) is 12.6 Å². The largest absolute Gasteiger partial charge is 0.462 e. The van der Waals surface area contributed by atoms with E-state index in [-0.39, 0.29) is 5.91 Å². The Labute approximate surface area is 127 Å². The summed E-state index contributed by atoms with van der Waals surface area (Å²) in [6, 6.07) is 5.45. The molecule has 122 valence electrons. The number of nitrogens with one attached hydrogen (secondary N) is 1. The standard InChI is InChI=1S/C14H20N2O6/c1-7(18)16-8-2-4-9(5-3-8)21-14-13(20)11(15)12(19)10(6-17)22-14/h2-5,10-14,17,19-20H,6,15H2,1H3,(H,16,18)/t10-,11-,12-,13?,14+/m1/s1. The van der Waals surface area contributed by atoms with Crippen molar-refractivity contribution in [1.29, 1.82) is 0 Å². The summed E-state index contributed by atoms with van der Waals surface area (Å²) >= 11 is 0. The number of aliphatic hydroxyl groups is 3. The third-order valence-electron chi connectivity index (χ3n) is 3.36. The first-order chi connectivity index (χ1) is 10.4. The van der Waals surface area contributed by atoms with Gasteiger partial charge in [-0.25, -0.2) is 0 Å². The number of hydrogen-bond acceptors (Lipinski definition) is 7. The molecule has 6 N–H and O–H groups in total. The summed E-state index contributed by atoms with van der Waals surface area (Å²) in [6.07, 6.45) is -4.46. The highest BCUT2D eigenvalue weighted by Gasteiger charge is 2.43. The lowest BCUT2D eigenvalue weighted by Gasteiger charge is -2.40. The molecule has 8 nitrogen and oxygen atoms in total. The number of hydrogen-bond donors (Lipinski definition) is 5. The quantitative estimate of drug-likeness (QED) is 0.471. The highest BCUT2D eigenvalue weighted by atomic mass is 16.7. The smallest absolute Gasteiger partial charge is 0.228 e. The van der Waals surface area contributed by atoms with Crippen molar-refractivity contribution in [3.63, 3.8) is 0 Å². The fraction of sp³-hybridized carbons (Fsp3) is 0.500. The molecule has 0 bridgehead atoms. The summed E-state index contributed by atoms with van der Waals surface area (Å²) in [4.78, 5) is 10.9. The number of aliphatic hydroxyl groups excluding tert-OH is 3. The van der Waals surface area contributed by atoms with E-state index in [9.17, 15) is 15.0 Å². The van der Waals surface area contributed by atoms with Crippen LogP contribution in [-0.2, 0) is 9.53 Å². The molecule has 1 unspecified atom stereocenters. The van der Waals surface area contributed by atoms with Crippen molar-refractivity contribution < 1.29 is 29.6 Å². The topological polar surface area (TPSA) is 134 Å². The first kappa shape index (κ1) is 16.7. The van der Waals surface area contributed by atoms with Gasteiger partial charge in [0.25, 0.3) is 0 Å². The van der Waals surface area contributed by atoms with Gasteiger partial charge in [-0.1, -0.05) is 0 Å². The fourth-order valence-corrected chi connectivity index (χ4v) is 2.17. The van der Waals surface area contributed by atoms with Crippen molar-refractivity contribution in [3.05, 3.63) is 24.3 Å². The SMILES string of the molecule is CC(=O)Nc1ccc(O[C@H]2O[C@H](CO)[C@@H](O)[C@@H](N)C2O)cc1. The Balaban J connectivity index is 2.04. The summed E-state index contributed by atoms with van der Waals surface area (Å²) in [6.45, 7) is 0.960. The van der Waals surface area contributed by atoms with E-state index in [2.05, 4.69) is 5.32 Å². The van der Waals surface area contributed by atoms with E-state index >= 15 is 0 Å². The monoisotopic (exact) mass is 312 g/mol. The Kier molecular flexibility index (Phi) is 5.33. The molecule has 0 radical (unpaired) electrons. The summed E-state index contributed by atoms with van der Waals surface area (Å²) in [5.41, 5.74) is 6.29. The Morgan fingerprint density at radius 3 is 2.50 bits per heavy atom. The van der Waals surface area contributed by atoms with E-state index in [0.29, 0.717) is 11.4 Å². The summed E-state index contributed by atoms with van der Waals surface area (Å²) in [7, 11) is 0. The van der Waals surface area contributed by atoms with Crippen molar-refractivity contribution in [3.8, 4) is 5.75 Å². The Hall–Kier alpha value is -1.71. The Morgan fingerprint density at radius 1 is 1.32 bits per heavy atom. The second-order valence-corrected chi connectivity index (χ2v) is 5.11. The van der Waals surface area contributed by atoms with Gasteiger partial charge in [-0.15, -0.1) is 0 Å². The summed E-state index contributed by atoms with van der Waals surface area (Å²) in [5, 5.41) is 31.5. The number of carbonyl (C=O) groups excluding carboxylic acids is 1. The third-order valence-corrected chi connectivity index (χ3v) is 3.36. The van der Waals surface area contributed by atoms with Gasteiger partial charge >= 0.3 is 0 Å². The van der Waals surface area contributed by atoms with Crippen LogP contribution in [0.3, 0.4) is 0 Å². The zero-order valence-corrected chi connectivity index (χ0v) is 12.0. The van der Waals surface area contributed by atoms with Gasteiger partial charge in [-0.05, 0) is 24.3 Å². The number of rotatable bonds is 4. The van der Waals surface area contributed by atoms with Crippen molar-refractivity contribution in [2.45, 2.75) is 37.6 Å². The number of anilines is 1. The predicted molar refractivity (Wildman–Crippen MR) is 77.1 cm³/mol. The minimum absolute atomic E-state index is 0.189. The summed E-state index contributed by atoms with van der Waals surface area (Å²) in [5.74, 6) is 0.198. The lowest BCUT2D eigenvalue weighted by molar-refractivity contribution is -0.247. The van der Waals surface area contributed by atoms with Crippen LogP contribution in [0.2, 0.25) is 0 Å². The number of nitrogens with two attached hydrogens (primary N) is 1. The Bertz CT molecular complexity index is 507. The highest BCUT2D eigenvalue weighted by molar-refractivity contribution is 5.88. The highest BCUT2D eigenvalue weighted by Crippen LogP contribution is 2.24. The van der Waals surface area contributed by atoms with E-state index in [1.165, 1.54) is 6.92 Å². The molecular formula is C14H20N2O6. The molecule has 8 heteroatoms. The van der Waals surface area contributed by atoms with E-state index in [1.54, 1.807) is 24.3 Å². The molecule has 2 rings (SSSR count). The zero-order chi connectivity index (χ0) is 16.3. The molecule has 1 aromatic carbocycles. The number of carbonyl (C=O) groups is 1. The second kappa shape index (κ2) is 7.03. The zero-order valence-electron chi connectivity index (χ0n) is 12.0. The van der Waals surface area contributed by atoms with Gasteiger partial charge in [-0.2, -0.15) is 0 Å². The van der Waals surface area contributed by atoms with Crippen LogP contribution in [0.1, 0.15) is 6.92 Å². The number of amides is 1. The van der Waals surface area contributed by atoms with Crippen molar-refractivity contribution in [2.24, 2.45) is 5.73 Å². The number of benzene rings is 1. The molecule has 5 atom stereocenters. The van der Waals surface area contributed by atoms with Crippen LogP contribution < -0.4 is 15.8 Å². The molecule has 1 amide bonds. The molecule has 1 aliphatic rings. The molecule has 0 aliphatic carbocycles. The first-order valence-corrected chi connectivity index (χ1v) is 6.84. The normalized spacial score (nSPS) is 31.6. The third kappa shape index (κ3) is 3.73. The molecule has 1 saturated heterocycles. The molecule has 1 aromatic rings. The minimum atomic E-state index is -1.24. The van der Waals surface area contributed by atoms with Crippen LogP contribution >= 0.6 is 0 Å². The average Bonchev–Trinajstić information content (AvgIpc) is 2.49. The van der Waals surface area contributed by atoms with Gasteiger partial charge in [0.2, 0.25) is 12.2 Å². The van der Waals surface area contributed by atoms with Crippen LogP contribution in [-0.4, -0.2) is 58.5 Å². The molecule has 1 heterocycles. The van der Waals surface area contributed by atoms with Crippen LogP contribution in [0, 0.1) is 0 Å². The maximum absolute atomic E-state index is 10.9. The van der Waals surface area contributed by atoms with Crippen molar-refractivity contribution in [2.75, 3.05) is 11.9 Å². The van der Waals surface area contributed by atoms with Gasteiger partial charge < -0.3 is 35.8 Å². The maximum Gasteiger partial charge on any atom is 0.228 e. The lowest BCUT2D eigenvalue weighted by Crippen LogP contribution is -2.63. The molecule has 0 spiro atoms. The predicted octanol–water partition coefficient (Wildman–Crippen LogP) is -1.21. The van der Waals surface area contributed by atoms with E-state index in [4.69, 9.17) is 20.3 Å².